The fourth-order valence-electron chi connectivity index (χ4n) is 2.72. The van der Waals surface area contributed by atoms with Crippen molar-refractivity contribution in [1.82, 2.24) is 15.3 Å². The maximum absolute atomic E-state index is 13.8. The largest absolute Gasteiger partial charge is 0.391 e. The summed E-state index contributed by atoms with van der Waals surface area (Å²) < 4.78 is 13.8. The van der Waals surface area contributed by atoms with Crippen LogP contribution in [-0.4, -0.2) is 21.6 Å². The Bertz CT molecular complexity index is 890. The van der Waals surface area contributed by atoms with E-state index in [9.17, 15) is 9.50 Å². The number of nitrogens with two attached hydrogens (primary N) is 1. The molecule has 0 aliphatic rings. The van der Waals surface area contributed by atoms with Gasteiger partial charge in [-0.25, -0.2) is 9.37 Å². The number of halogens is 1. The molecule has 5 N–H and O–H groups in total. The monoisotopic (exact) mass is 374 g/mol. The van der Waals surface area contributed by atoms with E-state index >= 15 is 0 Å². The van der Waals surface area contributed by atoms with Crippen molar-refractivity contribution in [2.24, 2.45) is 5.73 Å². The first-order chi connectivity index (χ1) is 12.5. The number of nitrogens with one attached hydrogen (secondary N) is 2. The molecule has 0 fully saturated rings. The number of benzene rings is 1. The topological polar surface area (TPSA) is 87.0 Å². The van der Waals surface area contributed by atoms with Gasteiger partial charge in [-0.1, -0.05) is 12.1 Å². The van der Waals surface area contributed by atoms with E-state index < -0.39 is 0 Å². The van der Waals surface area contributed by atoms with E-state index in [0.29, 0.717) is 18.7 Å². The fourth-order valence-corrected chi connectivity index (χ4v) is 3.74. The van der Waals surface area contributed by atoms with Crippen LogP contribution in [-0.2, 0) is 13.2 Å². The van der Waals surface area contributed by atoms with E-state index in [1.807, 2.05) is 25.1 Å². The van der Waals surface area contributed by atoms with Crippen LogP contribution in [0.2, 0.25) is 0 Å². The molecular weight excluding hydrogens is 351 g/mol. The molecule has 1 aromatic carbocycles. The number of hydrogen-bond acceptors (Lipinski definition) is 5. The number of nitrogens with zero attached hydrogens (tertiary/aromatic N) is 1. The number of hydrogen-bond donors (Lipinski definition) is 4. The van der Waals surface area contributed by atoms with Gasteiger partial charge >= 0.3 is 0 Å². The van der Waals surface area contributed by atoms with Crippen LogP contribution in [0.1, 0.15) is 32.9 Å². The quantitative estimate of drug-likeness (QED) is 0.512. The molecule has 1 unspecified atom stereocenters. The van der Waals surface area contributed by atoms with E-state index in [4.69, 9.17) is 5.73 Å². The summed E-state index contributed by atoms with van der Waals surface area (Å²) in [5, 5.41) is 13.6. The lowest BCUT2D eigenvalue weighted by Gasteiger charge is -2.13. The molecule has 0 aliphatic heterocycles. The van der Waals surface area contributed by atoms with Crippen molar-refractivity contribution in [1.29, 1.82) is 0 Å². The lowest BCUT2D eigenvalue weighted by atomic mass is 10.1. The average Bonchev–Trinajstić information content (AvgIpc) is 3.25. The fraction of sp³-hybridized carbons (Fsp3) is 0.316. The van der Waals surface area contributed by atoms with Crippen LogP contribution in [0.15, 0.2) is 30.3 Å². The van der Waals surface area contributed by atoms with Gasteiger partial charge in [-0.15, -0.1) is 11.3 Å². The Labute approximate surface area is 156 Å². The Balaban J connectivity index is 1.69. The van der Waals surface area contributed by atoms with Gasteiger partial charge in [0.25, 0.3) is 0 Å². The van der Waals surface area contributed by atoms with Crippen molar-refractivity contribution in [3.63, 3.8) is 0 Å². The minimum Gasteiger partial charge on any atom is -0.391 e. The molecule has 5 nitrogen and oxygen atoms in total. The van der Waals surface area contributed by atoms with Gasteiger partial charge in [-0.3, -0.25) is 0 Å². The molecule has 0 saturated carbocycles. The molecule has 138 valence electrons. The van der Waals surface area contributed by atoms with Gasteiger partial charge in [0, 0.05) is 30.0 Å². The minimum absolute atomic E-state index is 0.00606. The second-order valence-electron chi connectivity index (χ2n) is 6.25. The van der Waals surface area contributed by atoms with Crippen molar-refractivity contribution in [3.05, 3.63) is 63.0 Å². The predicted octanol–water partition coefficient (Wildman–Crippen LogP) is 3.18. The standard InChI is InChI=1S/C19H23FN4OS/c1-11-3-4-13(7-15(11)20)16-6-5-14(24-16)9-22-17(8-21)19-23-12(2)18(10-25)26-19/h3-7,17,22,24-25H,8-10,21H2,1-2H3. The molecule has 0 amide bonds. The van der Waals surface area contributed by atoms with Crippen LogP contribution in [0.25, 0.3) is 11.3 Å². The van der Waals surface area contributed by atoms with Gasteiger partial charge in [0.2, 0.25) is 0 Å². The third-order valence-electron chi connectivity index (χ3n) is 4.35. The first-order valence-electron chi connectivity index (χ1n) is 8.46. The number of aryl methyl sites for hydroxylation is 2. The Kier molecular flexibility index (Phi) is 5.83. The summed E-state index contributed by atoms with van der Waals surface area (Å²) in [6, 6.07) is 9.05. The van der Waals surface area contributed by atoms with Crippen molar-refractivity contribution in [2.45, 2.75) is 33.0 Å². The first-order valence-corrected chi connectivity index (χ1v) is 9.28. The summed E-state index contributed by atoms with van der Waals surface area (Å²) >= 11 is 1.48. The zero-order valence-electron chi connectivity index (χ0n) is 14.8. The Morgan fingerprint density at radius 3 is 2.77 bits per heavy atom. The molecule has 3 rings (SSSR count). The molecule has 0 spiro atoms. The van der Waals surface area contributed by atoms with Crippen LogP contribution in [0, 0.1) is 19.7 Å². The zero-order chi connectivity index (χ0) is 18.7. The number of thiazole rings is 1. The normalized spacial score (nSPS) is 12.5. The first kappa shape index (κ1) is 18.7. The minimum atomic E-state index is -0.209. The molecule has 3 aromatic rings. The van der Waals surface area contributed by atoms with Gasteiger partial charge in [-0.05, 0) is 37.6 Å². The summed E-state index contributed by atoms with van der Waals surface area (Å²) in [7, 11) is 0. The Morgan fingerprint density at radius 1 is 1.31 bits per heavy atom. The van der Waals surface area contributed by atoms with E-state index in [0.717, 1.165) is 32.5 Å². The molecular formula is C19H23FN4OS. The van der Waals surface area contributed by atoms with Crippen molar-refractivity contribution < 1.29 is 9.50 Å². The molecule has 26 heavy (non-hydrogen) atoms. The molecule has 0 aliphatic carbocycles. The van der Waals surface area contributed by atoms with Crippen LogP contribution in [0.4, 0.5) is 4.39 Å². The second-order valence-corrected chi connectivity index (χ2v) is 7.36. The van der Waals surface area contributed by atoms with Gasteiger partial charge in [0.1, 0.15) is 10.8 Å². The number of aliphatic hydroxyl groups excluding tert-OH is 1. The number of aliphatic hydroxyl groups is 1. The van der Waals surface area contributed by atoms with Gasteiger partial charge < -0.3 is 21.1 Å². The Hall–Kier alpha value is -2.06. The van der Waals surface area contributed by atoms with E-state index in [1.54, 1.807) is 13.0 Å². The summed E-state index contributed by atoms with van der Waals surface area (Å²) in [5.41, 5.74) is 10.0. The molecule has 0 bridgehead atoms. The highest BCUT2D eigenvalue weighted by molar-refractivity contribution is 7.11. The highest BCUT2D eigenvalue weighted by atomic mass is 32.1. The number of aromatic nitrogens is 2. The number of rotatable bonds is 7. The molecule has 2 heterocycles. The third-order valence-corrected chi connectivity index (χ3v) is 5.61. The average molecular weight is 374 g/mol. The predicted molar refractivity (Wildman–Crippen MR) is 102 cm³/mol. The van der Waals surface area contributed by atoms with E-state index in [2.05, 4.69) is 15.3 Å². The second kappa shape index (κ2) is 8.09. The Morgan fingerprint density at radius 2 is 2.12 bits per heavy atom. The zero-order valence-corrected chi connectivity index (χ0v) is 15.7. The van der Waals surface area contributed by atoms with Gasteiger partial charge in [0.05, 0.1) is 23.2 Å². The number of H-pyrrole nitrogens is 1. The summed E-state index contributed by atoms with van der Waals surface area (Å²) in [6.45, 7) is 4.63. The van der Waals surface area contributed by atoms with Crippen LogP contribution >= 0.6 is 11.3 Å². The lowest BCUT2D eigenvalue weighted by Crippen LogP contribution is -2.27. The summed E-state index contributed by atoms with van der Waals surface area (Å²) in [5.74, 6) is -0.209. The van der Waals surface area contributed by atoms with Gasteiger partial charge in [-0.2, -0.15) is 0 Å². The van der Waals surface area contributed by atoms with Crippen LogP contribution in [0.5, 0.6) is 0 Å². The summed E-state index contributed by atoms with van der Waals surface area (Å²) in [6.07, 6.45) is 0. The molecule has 7 heteroatoms. The highest BCUT2D eigenvalue weighted by Crippen LogP contribution is 2.24. The highest BCUT2D eigenvalue weighted by Gasteiger charge is 2.16. The summed E-state index contributed by atoms with van der Waals surface area (Å²) in [4.78, 5) is 8.67. The maximum Gasteiger partial charge on any atom is 0.126 e. The SMILES string of the molecule is Cc1ccc(-c2ccc(CNC(CN)c3nc(C)c(CO)s3)[nH]2)cc1F. The molecule has 0 radical (unpaired) electrons. The van der Waals surface area contributed by atoms with Crippen molar-refractivity contribution in [2.75, 3.05) is 6.54 Å². The molecule has 0 saturated heterocycles. The molecule has 1 atom stereocenters. The van der Waals surface area contributed by atoms with Crippen LogP contribution < -0.4 is 11.1 Å². The van der Waals surface area contributed by atoms with Crippen LogP contribution in [0.3, 0.4) is 0 Å². The third kappa shape index (κ3) is 4.02. The smallest absolute Gasteiger partial charge is 0.126 e. The maximum atomic E-state index is 13.8. The lowest BCUT2D eigenvalue weighted by molar-refractivity contribution is 0.284. The van der Waals surface area contributed by atoms with Crippen molar-refractivity contribution >= 4 is 11.3 Å². The van der Waals surface area contributed by atoms with Crippen molar-refractivity contribution in [3.8, 4) is 11.3 Å². The molecule has 2 aromatic heterocycles. The van der Waals surface area contributed by atoms with E-state index in [1.165, 1.54) is 17.4 Å². The van der Waals surface area contributed by atoms with Gasteiger partial charge in [0.15, 0.2) is 0 Å². The number of aromatic amines is 1. The van der Waals surface area contributed by atoms with E-state index in [-0.39, 0.29) is 18.5 Å².